The molecule has 0 aliphatic rings. The summed E-state index contributed by atoms with van der Waals surface area (Å²) >= 11 is 0. The van der Waals surface area contributed by atoms with Crippen LogP contribution >= 0.6 is 0 Å². The highest BCUT2D eigenvalue weighted by atomic mass is 16.2. The van der Waals surface area contributed by atoms with E-state index in [9.17, 15) is 4.79 Å². The molecule has 0 bridgehead atoms. The lowest BCUT2D eigenvalue weighted by Gasteiger charge is -2.11. The number of nitrogens with one attached hydrogen (secondary N) is 2. The van der Waals surface area contributed by atoms with E-state index in [-0.39, 0.29) is 6.03 Å². The lowest BCUT2D eigenvalue weighted by atomic mass is 10.1. The Hall–Kier alpha value is -3.60. The molecule has 2 heterocycles. The number of hydrogen-bond acceptors (Lipinski definition) is 2. The first kappa shape index (κ1) is 17.8. The van der Waals surface area contributed by atoms with Crippen LogP contribution in [0.4, 0.5) is 16.2 Å². The molecular weight excluding hydrogens is 348 g/mol. The van der Waals surface area contributed by atoms with Crippen LogP contribution < -0.4 is 10.6 Å². The number of urea groups is 1. The highest BCUT2D eigenvalue weighted by molar-refractivity contribution is 6.00. The minimum Gasteiger partial charge on any atom is -0.308 e. The molecule has 0 aliphatic heterocycles. The van der Waals surface area contributed by atoms with Gasteiger partial charge in [0.25, 0.3) is 0 Å². The highest BCUT2D eigenvalue weighted by Gasteiger charge is 2.08. The minimum absolute atomic E-state index is 0.259. The topological polar surface area (TPSA) is 58.4 Å². The van der Waals surface area contributed by atoms with Gasteiger partial charge in [0.2, 0.25) is 0 Å². The van der Waals surface area contributed by atoms with E-state index in [1.165, 1.54) is 0 Å². The number of nitrogens with zero attached hydrogens (tertiary/aromatic N) is 2. The zero-order valence-corrected chi connectivity index (χ0v) is 16.2. The van der Waals surface area contributed by atoms with E-state index in [0.29, 0.717) is 0 Å². The summed E-state index contributed by atoms with van der Waals surface area (Å²) in [5.74, 6) is 0. The smallest absolute Gasteiger partial charge is 0.308 e. The highest BCUT2D eigenvalue weighted by Crippen LogP contribution is 2.23. The maximum Gasteiger partial charge on any atom is 0.323 e. The molecule has 2 amide bonds. The monoisotopic (exact) mass is 370 g/mol. The standard InChI is InChI=1S/C23H22N4O/c1-15-6-4-8-20(17(15)3)26-23(28)24-19-11-9-18(10-12-19)21-14-27-13-5-7-16(2)22(27)25-21/h4-14H,1-3H3,(H2,24,26,28). The number of carbonyl (C=O) groups excluding carboxylic acids is 1. The number of imidazole rings is 1. The average Bonchev–Trinajstić information content (AvgIpc) is 3.12. The van der Waals surface area contributed by atoms with Gasteiger partial charge in [-0.05, 0) is 61.7 Å². The number of anilines is 2. The second-order valence-corrected chi connectivity index (χ2v) is 6.95. The van der Waals surface area contributed by atoms with E-state index < -0.39 is 0 Å². The van der Waals surface area contributed by atoms with Crippen molar-refractivity contribution in [2.45, 2.75) is 20.8 Å². The molecule has 28 heavy (non-hydrogen) atoms. The number of amides is 2. The molecule has 2 aromatic heterocycles. The SMILES string of the molecule is Cc1cccc(NC(=O)Nc2ccc(-c3cn4cccc(C)c4n3)cc2)c1C. The van der Waals surface area contributed by atoms with E-state index in [0.717, 1.165) is 45.0 Å². The predicted octanol–water partition coefficient (Wildman–Crippen LogP) is 5.57. The van der Waals surface area contributed by atoms with Gasteiger partial charge in [0.15, 0.2) is 0 Å². The molecule has 2 aromatic carbocycles. The van der Waals surface area contributed by atoms with Crippen molar-refractivity contribution in [3.63, 3.8) is 0 Å². The van der Waals surface area contributed by atoms with Gasteiger partial charge in [-0.2, -0.15) is 0 Å². The molecule has 2 N–H and O–H groups in total. The molecule has 0 saturated carbocycles. The fraction of sp³-hybridized carbons (Fsp3) is 0.130. The molecule has 5 nitrogen and oxygen atoms in total. The van der Waals surface area contributed by atoms with Crippen molar-refractivity contribution < 1.29 is 4.79 Å². The van der Waals surface area contributed by atoms with Crippen molar-refractivity contribution in [3.8, 4) is 11.3 Å². The fourth-order valence-electron chi connectivity index (χ4n) is 3.19. The second-order valence-electron chi connectivity index (χ2n) is 6.95. The van der Waals surface area contributed by atoms with Crippen LogP contribution in [-0.2, 0) is 0 Å². The quantitative estimate of drug-likeness (QED) is 0.495. The van der Waals surface area contributed by atoms with Crippen LogP contribution in [0.25, 0.3) is 16.9 Å². The van der Waals surface area contributed by atoms with Crippen LogP contribution in [0.15, 0.2) is 67.0 Å². The number of hydrogen-bond donors (Lipinski definition) is 2. The summed E-state index contributed by atoms with van der Waals surface area (Å²) < 4.78 is 2.02. The van der Waals surface area contributed by atoms with Gasteiger partial charge in [0.1, 0.15) is 5.65 Å². The summed E-state index contributed by atoms with van der Waals surface area (Å²) in [5, 5.41) is 5.78. The van der Waals surface area contributed by atoms with Gasteiger partial charge in [-0.1, -0.05) is 30.3 Å². The molecule has 0 fully saturated rings. The van der Waals surface area contributed by atoms with Crippen LogP contribution in [0.2, 0.25) is 0 Å². The number of pyridine rings is 1. The molecule has 0 aliphatic carbocycles. The largest absolute Gasteiger partial charge is 0.323 e. The zero-order chi connectivity index (χ0) is 19.7. The molecule has 0 saturated heterocycles. The van der Waals surface area contributed by atoms with Gasteiger partial charge in [-0.25, -0.2) is 9.78 Å². The number of fused-ring (bicyclic) bond motifs is 1. The third-order valence-corrected chi connectivity index (χ3v) is 4.97. The van der Waals surface area contributed by atoms with Crippen molar-refractivity contribution in [2.75, 3.05) is 10.6 Å². The third-order valence-electron chi connectivity index (χ3n) is 4.97. The van der Waals surface area contributed by atoms with Crippen molar-refractivity contribution in [1.82, 2.24) is 9.38 Å². The summed E-state index contributed by atoms with van der Waals surface area (Å²) in [5.41, 5.74) is 7.74. The maximum absolute atomic E-state index is 12.3. The first-order chi connectivity index (χ1) is 13.5. The van der Waals surface area contributed by atoms with Gasteiger partial charge in [-0.3, -0.25) is 0 Å². The Morgan fingerprint density at radius 1 is 0.893 bits per heavy atom. The Bertz CT molecular complexity index is 1160. The molecule has 140 valence electrons. The molecule has 0 unspecified atom stereocenters. The van der Waals surface area contributed by atoms with Crippen LogP contribution in [0.5, 0.6) is 0 Å². The first-order valence-corrected chi connectivity index (χ1v) is 9.20. The molecule has 5 heteroatoms. The number of aryl methyl sites for hydroxylation is 2. The van der Waals surface area contributed by atoms with Crippen LogP contribution in [0.1, 0.15) is 16.7 Å². The number of carbonyl (C=O) groups is 1. The molecule has 0 radical (unpaired) electrons. The van der Waals surface area contributed by atoms with E-state index in [2.05, 4.69) is 10.6 Å². The third kappa shape index (κ3) is 3.47. The van der Waals surface area contributed by atoms with Gasteiger partial charge < -0.3 is 15.0 Å². The molecular formula is C23H22N4O. The van der Waals surface area contributed by atoms with E-state index in [4.69, 9.17) is 4.98 Å². The van der Waals surface area contributed by atoms with Crippen molar-refractivity contribution in [1.29, 1.82) is 0 Å². The van der Waals surface area contributed by atoms with Crippen molar-refractivity contribution in [2.24, 2.45) is 0 Å². The van der Waals surface area contributed by atoms with Gasteiger partial charge >= 0.3 is 6.03 Å². The number of rotatable bonds is 3. The molecule has 4 rings (SSSR count). The normalized spacial score (nSPS) is 10.8. The van der Waals surface area contributed by atoms with Crippen LogP contribution in [0.3, 0.4) is 0 Å². The molecule has 4 aromatic rings. The van der Waals surface area contributed by atoms with Crippen molar-refractivity contribution in [3.05, 3.63) is 83.7 Å². The van der Waals surface area contributed by atoms with E-state index in [1.54, 1.807) is 0 Å². The Balaban J connectivity index is 1.49. The molecule has 0 atom stereocenters. The summed E-state index contributed by atoms with van der Waals surface area (Å²) in [6.45, 7) is 6.07. The van der Waals surface area contributed by atoms with Crippen LogP contribution in [0, 0.1) is 20.8 Å². The summed E-state index contributed by atoms with van der Waals surface area (Å²) in [6.07, 6.45) is 4.00. The fourth-order valence-corrected chi connectivity index (χ4v) is 3.19. The Labute approximate surface area is 164 Å². The minimum atomic E-state index is -0.259. The summed E-state index contributed by atoms with van der Waals surface area (Å²) in [6, 6.07) is 17.4. The lowest BCUT2D eigenvalue weighted by molar-refractivity contribution is 0.262. The first-order valence-electron chi connectivity index (χ1n) is 9.20. The van der Waals surface area contributed by atoms with E-state index >= 15 is 0 Å². The average molecular weight is 370 g/mol. The lowest BCUT2D eigenvalue weighted by Crippen LogP contribution is -2.20. The zero-order valence-electron chi connectivity index (χ0n) is 16.2. The maximum atomic E-state index is 12.3. The number of benzene rings is 2. The Kier molecular flexibility index (Phi) is 4.57. The summed E-state index contributed by atoms with van der Waals surface area (Å²) in [7, 11) is 0. The summed E-state index contributed by atoms with van der Waals surface area (Å²) in [4.78, 5) is 17.0. The van der Waals surface area contributed by atoms with Gasteiger partial charge in [-0.15, -0.1) is 0 Å². The number of aromatic nitrogens is 2. The van der Waals surface area contributed by atoms with Gasteiger partial charge in [0, 0.05) is 29.3 Å². The van der Waals surface area contributed by atoms with Gasteiger partial charge in [0.05, 0.1) is 5.69 Å². The Morgan fingerprint density at radius 3 is 2.39 bits per heavy atom. The van der Waals surface area contributed by atoms with Crippen LogP contribution in [-0.4, -0.2) is 15.4 Å². The Morgan fingerprint density at radius 2 is 1.64 bits per heavy atom. The van der Waals surface area contributed by atoms with E-state index in [1.807, 2.05) is 92.2 Å². The molecule has 0 spiro atoms. The predicted molar refractivity (Wildman–Crippen MR) is 114 cm³/mol. The second kappa shape index (κ2) is 7.19. The van der Waals surface area contributed by atoms with Crippen molar-refractivity contribution >= 4 is 23.1 Å².